The molecule has 4 nitrogen and oxygen atoms in total. The number of para-hydroxylation sites is 1. The quantitative estimate of drug-likeness (QED) is 0.804. The van der Waals surface area contributed by atoms with Crippen LogP contribution < -0.4 is 5.32 Å². The first-order valence-electron chi connectivity index (χ1n) is 9.37. The Morgan fingerprint density at radius 2 is 1.89 bits per heavy atom. The van der Waals surface area contributed by atoms with E-state index in [0.717, 1.165) is 25.6 Å². The topological polar surface area (TPSA) is 37.4 Å². The average molecular weight is 381 g/mol. The Hall–Kier alpha value is -1.86. The molecule has 0 unspecified atom stereocenters. The summed E-state index contributed by atoms with van der Waals surface area (Å²) in [5, 5.41) is 3.98. The van der Waals surface area contributed by atoms with Gasteiger partial charge in [0, 0.05) is 36.7 Å². The summed E-state index contributed by atoms with van der Waals surface area (Å²) in [6.45, 7) is 8.02. The van der Waals surface area contributed by atoms with Crippen molar-refractivity contribution in [2.75, 3.05) is 38.2 Å². The van der Waals surface area contributed by atoms with Gasteiger partial charge in [-0.2, -0.15) is 13.2 Å². The van der Waals surface area contributed by atoms with E-state index in [2.05, 4.69) is 29.0 Å². The molecule has 0 spiro atoms. The largest absolute Gasteiger partial charge is 0.433 e. The molecule has 1 aliphatic heterocycles. The van der Waals surface area contributed by atoms with Crippen LogP contribution in [0.25, 0.3) is 10.9 Å². The van der Waals surface area contributed by atoms with Gasteiger partial charge in [0.2, 0.25) is 0 Å². The number of aromatic nitrogens is 1. The number of pyridine rings is 1. The van der Waals surface area contributed by atoms with Gasteiger partial charge in [-0.15, -0.1) is 0 Å². The van der Waals surface area contributed by atoms with E-state index in [1.54, 1.807) is 18.2 Å². The molecule has 0 radical (unpaired) electrons. The van der Waals surface area contributed by atoms with Gasteiger partial charge in [0.05, 0.1) is 18.7 Å². The first-order chi connectivity index (χ1) is 12.8. The van der Waals surface area contributed by atoms with Crippen LogP contribution in [-0.4, -0.2) is 48.8 Å². The van der Waals surface area contributed by atoms with Crippen molar-refractivity contribution in [2.45, 2.75) is 32.5 Å². The lowest BCUT2D eigenvalue weighted by Crippen LogP contribution is -2.47. The average Bonchev–Trinajstić information content (AvgIpc) is 2.64. The number of nitrogens with zero attached hydrogens (tertiary/aromatic N) is 2. The summed E-state index contributed by atoms with van der Waals surface area (Å²) in [6.07, 6.45) is -3.50. The highest BCUT2D eigenvalue weighted by molar-refractivity contribution is 5.91. The van der Waals surface area contributed by atoms with Crippen LogP contribution in [0.15, 0.2) is 30.3 Å². The van der Waals surface area contributed by atoms with Crippen LogP contribution in [0.3, 0.4) is 0 Å². The molecule has 0 aliphatic carbocycles. The van der Waals surface area contributed by atoms with Crippen LogP contribution in [-0.2, 0) is 10.9 Å². The highest BCUT2D eigenvalue weighted by Gasteiger charge is 2.33. The molecule has 1 saturated heterocycles. The molecular formula is C20H26F3N3O. The summed E-state index contributed by atoms with van der Waals surface area (Å²) < 4.78 is 45.2. The van der Waals surface area contributed by atoms with Crippen molar-refractivity contribution < 1.29 is 17.9 Å². The molecule has 1 aliphatic rings. The predicted octanol–water partition coefficient (Wildman–Crippen LogP) is 4.41. The number of ether oxygens (including phenoxy) is 1. The van der Waals surface area contributed by atoms with Crippen LogP contribution >= 0.6 is 0 Å². The molecule has 1 aromatic heterocycles. The molecule has 7 heteroatoms. The third-order valence-electron chi connectivity index (χ3n) is 4.84. The van der Waals surface area contributed by atoms with E-state index in [4.69, 9.17) is 4.74 Å². The summed E-state index contributed by atoms with van der Waals surface area (Å²) in [4.78, 5) is 6.15. The number of benzene rings is 1. The van der Waals surface area contributed by atoms with Crippen LogP contribution in [0.4, 0.5) is 18.9 Å². The smallest absolute Gasteiger partial charge is 0.383 e. The molecule has 148 valence electrons. The highest BCUT2D eigenvalue weighted by atomic mass is 19.4. The molecule has 0 saturated carbocycles. The maximum atomic E-state index is 13.2. The Morgan fingerprint density at radius 3 is 2.56 bits per heavy atom. The van der Waals surface area contributed by atoms with Gasteiger partial charge in [0.1, 0.15) is 5.69 Å². The molecule has 1 N–H and O–H groups in total. The van der Waals surface area contributed by atoms with Crippen LogP contribution in [0.5, 0.6) is 0 Å². The zero-order chi connectivity index (χ0) is 19.4. The molecule has 1 aromatic carbocycles. The zero-order valence-corrected chi connectivity index (χ0v) is 15.7. The summed E-state index contributed by atoms with van der Waals surface area (Å²) in [7, 11) is 0. The van der Waals surface area contributed by atoms with Crippen molar-refractivity contribution >= 4 is 16.6 Å². The first kappa shape index (κ1) is 19.9. The molecular weight excluding hydrogens is 355 g/mol. The monoisotopic (exact) mass is 381 g/mol. The van der Waals surface area contributed by atoms with E-state index in [1.165, 1.54) is 0 Å². The third kappa shape index (κ3) is 5.11. The van der Waals surface area contributed by atoms with E-state index < -0.39 is 11.9 Å². The fourth-order valence-electron chi connectivity index (χ4n) is 3.54. The minimum Gasteiger partial charge on any atom is -0.383 e. The van der Waals surface area contributed by atoms with Crippen molar-refractivity contribution in [3.8, 4) is 0 Å². The van der Waals surface area contributed by atoms with E-state index in [0.29, 0.717) is 42.3 Å². The molecule has 0 amide bonds. The Bertz CT molecular complexity index is 758. The molecule has 3 rings (SSSR count). The molecule has 1 atom stereocenters. The second-order valence-electron chi connectivity index (χ2n) is 7.38. The molecule has 2 heterocycles. The summed E-state index contributed by atoms with van der Waals surface area (Å²) in [6, 6.07) is 8.30. The van der Waals surface area contributed by atoms with Gasteiger partial charge < -0.3 is 10.1 Å². The maximum Gasteiger partial charge on any atom is 0.433 e. The lowest BCUT2D eigenvalue weighted by atomic mass is 10.0. The third-order valence-corrected chi connectivity index (χ3v) is 4.84. The normalized spacial score (nSPS) is 17.4. The summed E-state index contributed by atoms with van der Waals surface area (Å²) in [5.74, 6) is 0.500. The second-order valence-corrected chi connectivity index (χ2v) is 7.38. The lowest BCUT2D eigenvalue weighted by molar-refractivity contribution is -0.140. The number of morpholine rings is 1. The number of hydrogen-bond acceptors (Lipinski definition) is 4. The van der Waals surface area contributed by atoms with Crippen molar-refractivity contribution in [2.24, 2.45) is 5.92 Å². The van der Waals surface area contributed by atoms with Crippen molar-refractivity contribution in [1.82, 2.24) is 9.88 Å². The van der Waals surface area contributed by atoms with E-state index in [-0.39, 0.29) is 6.04 Å². The van der Waals surface area contributed by atoms with Crippen molar-refractivity contribution in [3.63, 3.8) is 0 Å². The number of fused-ring (bicyclic) bond motifs is 1. The van der Waals surface area contributed by atoms with Gasteiger partial charge >= 0.3 is 6.18 Å². The number of rotatable bonds is 6. The Balaban J connectivity index is 1.85. The van der Waals surface area contributed by atoms with Gasteiger partial charge in [-0.05, 0) is 24.5 Å². The van der Waals surface area contributed by atoms with Gasteiger partial charge in [0.15, 0.2) is 0 Å². The maximum absolute atomic E-state index is 13.2. The first-order valence-corrected chi connectivity index (χ1v) is 9.37. The second kappa shape index (κ2) is 8.44. The van der Waals surface area contributed by atoms with Crippen molar-refractivity contribution in [1.29, 1.82) is 0 Å². The minimum absolute atomic E-state index is 0.246. The van der Waals surface area contributed by atoms with Gasteiger partial charge in [-0.25, -0.2) is 4.98 Å². The van der Waals surface area contributed by atoms with Crippen LogP contribution in [0.2, 0.25) is 0 Å². The standard InChI is InChI=1S/C20H26F3N3O/c1-14(2)11-15(26-7-9-27-10-8-26)13-24-18-12-19(20(21,22)23)25-17-6-4-3-5-16(17)18/h3-6,12,14-15H,7-11,13H2,1-2H3,(H,24,25)/t15-/m0/s1. The number of nitrogens with one attached hydrogen (secondary N) is 1. The Morgan fingerprint density at radius 1 is 1.19 bits per heavy atom. The van der Waals surface area contributed by atoms with Gasteiger partial charge in [-0.3, -0.25) is 4.90 Å². The Labute approximate surface area is 157 Å². The van der Waals surface area contributed by atoms with E-state index >= 15 is 0 Å². The Kier molecular flexibility index (Phi) is 6.22. The SMILES string of the molecule is CC(C)C[C@@H](CNc1cc(C(F)(F)F)nc2ccccc12)N1CCOCC1. The highest BCUT2D eigenvalue weighted by Crippen LogP contribution is 2.33. The minimum atomic E-state index is -4.47. The predicted molar refractivity (Wildman–Crippen MR) is 101 cm³/mol. The molecule has 0 bridgehead atoms. The zero-order valence-electron chi connectivity index (χ0n) is 15.7. The fraction of sp³-hybridized carbons (Fsp3) is 0.550. The fourth-order valence-corrected chi connectivity index (χ4v) is 3.54. The van der Waals surface area contributed by atoms with Gasteiger partial charge in [-0.1, -0.05) is 32.0 Å². The number of halogens is 3. The van der Waals surface area contributed by atoms with E-state index in [9.17, 15) is 13.2 Å². The summed E-state index contributed by atoms with van der Waals surface area (Å²) >= 11 is 0. The van der Waals surface area contributed by atoms with E-state index in [1.807, 2.05) is 6.07 Å². The number of alkyl halides is 3. The lowest BCUT2D eigenvalue weighted by Gasteiger charge is -2.35. The molecule has 27 heavy (non-hydrogen) atoms. The van der Waals surface area contributed by atoms with Crippen molar-refractivity contribution in [3.05, 3.63) is 36.0 Å². The summed E-state index contributed by atoms with van der Waals surface area (Å²) in [5.41, 5.74) is -0.0352. The number of anilines is 1. The van der Waals surface area contributed by atoms with Crippen LogP contribution in [0.1, 0.15) is 26.0 Å². The molecule has 1 fully saturated rings. The molecule has 2 aromatic rings. The van der Waals surface area contributed by atoms with Gasteiger partial charge in [0.25, 0.3) is 0 Å². The number of hydrogen-bond donors (Lipinski definition) is 1. The van der Waals surface area contributed by atoms with Crippen LogP contribution in [0, 0.1) is 5.92 Å².